The number of anilines is 3. The van der Waals surface area contributed by atoms with Crippen LogP contribution < -0.4 is 26.4 Å². The third-order valence-electron chi connectivity index (χ3n) is 6.34. The van der Waals surface area contributed by atoms with Gasteiger partial charge in [0.2, 0.25) is 0 Å². The minimum absolute atomic E-state index is 0.143. The molecule has 2 atom stereocenters. The Morgan fingerprint density at radius 2 is 1.76 bits per heavy atom. The lowest BCUT2D eigenvalue weighted by Gasteiger charge is -2.30. The van der Waals surface area contributed by atoms with Crippen molar-refractivity contribution in [2.24, 2.45) is 5.92 Å². The van der Waals surface area contributed by atoms with Gasteiger partial charge in [0.05, 0.1) is 11.4 Å². The Kier molecular flexibility index (Phi) is 8.32. The highest BCUT2D eigenvalue weighted by molar-refractivity contribution is 6.22. The summed E-state index contributed by atoms with van der Waals surface area (Å²) >= 11 is 6.75. The summed E-state index contributed by atoms with van der Waals surface area (Å²) in [6.07, 6.45) is 0.988. The van der Waals surface area contributed by atoms with Gasteiger partial charge in [0, 0.05) is 36.4 Å². The third-order valence-corrected chi connectivity index (χ3v) is 6.78. The smallest absolute Gasteiger partial charge is 0.276 e. The van der Waals surface area contributed by atoms with Crippen molar-refractivity contribution in [3.05, 3.63) is 75.7 Å². The van der Waals surface area contributed by atoms with Gasteiger partial charge in [-0.1, -0.05) is 13.0 Å². The highest BCUT2D eigenvalue weighted by atomic mass is 35.5. The Bertz CT molecular complexity index is 1380. The molecule has 0 radical (unpaired) electrons. The molecule has 1 amide bonds. The lowest BCUT2D eigenvalue weighted by Crippen LogP contribution is -2.28. The molecule has 11 heteroatoms. The number of amides is 1. The molecule has 38 heavy (non-hydrogen) atoms. The van der Waals surface area contributed by atoms with Crippen LogP contribution in [0, 0.1) is 17.6 Å². The Hall–Kier alpha value is -3.50. The molecule has 0 saturated carbocycles. The number of benzene rings is 2. The van der Waals surface area contributed by atoms with Crippen molar-refractivity contribution in [3.8, 4) is 5.69 Å². The van der Waals surface area contributed by atoms with E-state index >= 15 is 0 Å². The number of carbonyl (C=O) groups excluding carboxylic acids is 1. The van der Waals surface area contributed by atoms with Crippen LogP contribution in [0.25, 0.3) is 5.69 Å². The quantitative estimate of drug-likeness (QED) is 0.276. The zero-order valence-electron chi connectivity index (χ0n) is 21.7. The predicted octanol–water partition coefficient (Wildman–Crippen LogP) is 4.89. The summed E-state index contributed by atoms with van der Waals surface area (Å²) < 4.78 is 29.3. The first-order valence-electron chi connectivity index (χ1n) is 12.5. The normalized spacial score (nSPS) is 16.1. The zero-order valence-corrected chi connectivity index (χ0v) is 22.4. The van der Waals surface area contributed by atoms with Crippen LogP contribution in [0.3, 0.4) is 0 Å². The molecule has 1 aliphatic heterocycles. The zero-order chi connectivity index (χ0) is 27.6. The van der Waals surface area contributed by atoms with Crippen molar-refractivity contribution < 1.29 is 13.6 Å². The summed E-state index contributed by atoms with van der Waals surface area (Å²) in [7, 11) is 1.76. The fourth-order valence-corrected chi connectivity index (χ4v) is 4.82. The van der Waals surface area contributed by atoms with E-state index in [1.807, 2.05) is 19.9 Å². The van der Waals surface area contributed by atoms with E-state index in [2.05, 4.69) is 32.9 Å². The first-order valence-corrected chi connectivity index (χ1v) is 12.9. The number of carbonyl (C=O) groups is 1. The number of nitrogens with one attached hydrogen (secondary N) is 3. The van der Waals surface area contributed by atoms with Crippen LogP contribution >= 0.6 is 11.6 Å². The van der Waals surface area contributed by atoms with Crippen LogP contribution in [-0.2, 0) is 0 Å². The number of hydrogen-bond acceptors (Lipinski definition) is 6. The first kappa shape index (κ1) is 27.5. The number of nitrogens with zero attached hydrogens (tertiary/aromatic N) is 3. The average molecular weight is 545 g/mol. The van der Waals surface area contributed by atoms with Crippen LogP contribution in [-0.4, -0.2) is 41.9 Å². The van der Waals surface area contributed by atoms with Crippen LogP contribution in [0.15, 0.2) is 47.3 Å². The van der Waals surface area contributed by atoms with Crippen molar-refractivity contribution >= 4 is 34.6 Å². The Labute approximate surface area is 225 Å². The van der Waals surface area contributed by atoms with Gasteiger partial charge in [-0.15, -0.1) is 11.6 Å². The fraction of sp³-hybridized carbons (Fsp3) is 0.370. The molecule has 2 heterocycles. The second-order valence-electron chi connectivity index (χ2n) is 9.71. The Morgan fingerprint density at radius 3 is 2.37 bits per heavy atom. The molecule has 1 aliphatic rings. The lowest BCUT2D eigenvalue weighted by atomic mass is 10.1. The summed E-state index contributed by atoms with van der Waals surface area (Å²) in [6.45, 7) is 7.78. The molecule has 1 fully saturated rings. The number of aromatic nitrogens is 2. The van der Waals surface area contributed by atoms with E-state index in [9.17, 15) is 18.4 Å². The molecule has 3 N–H and O–H groups in total. The Balaban J connectivity index is 1.78. The molecule has 3 aromatic rings. The summed E-state index contributed by atoms with van der Waals surface area (Å²) in [5.74, 6) is -2.13. The Morgan fingerprint density at radius 1 is 1.08 bits per heavy atom. The molecule has 0 bridgehead atoms. The van der Waals surface area contributed by atoms with Crippen molar-refractivity contribution in [2.75, 3.05) is 35.7 Å². The van der Waals surface area contributed by atoms with Gasteiger partial charge < -0.3 is 20.9 Å². The van der Waals surface area contributed by atoms with Gasteiger partial charge in [0.1, 0.15) is 16.9 Å². The topological polar surface area (TPSA) is 91.3 Å². The number of alkyl halides is 1. The molecule has 1 aromatic heterocycles. The minimum Gasteiger partial charge on any atom is -0.382 e. The molecular weight excluding hydrogens is 514 g/mol. The lowest BCUT2D eigenvalue weighted by molar-refractivity contribution is 0.102. The van der Waals surface area contributed by atoms with Crippen LogP contribution in [0.2, 0.25) is 0 Å². The van der Waals surface area contributed by atoms with E-state index in [1.54, 1.807) is 13.1 Å². The van der Waals surface area contributed by atoms with Crippen molar-refractivity contribution in [1.82, 2.24) is 15.1 Å². The molecule has 2 aromatic carbocycles. The van der Waals surface area contributed by atoms with Crippen molar-refractivity contribution in [3.63, 3.8) is 0 Å². The highest BCUT2D eigenvalue weighted by Crippen LogP contribution is 2.43. The van der Waals surface area contributed by atoms with E-state index in [-0.39, 0.29) is 11.7 Å². The average Bonchev–Trinajstić information content (AvgIpc) is 3.30. The second kappa shape index (κ2) is 11.5. The van der Waals surface area contributed by atoms with Gasteiger partial charge in [0.25, 0.3) is 11.5 Å². The molecular formula is C27H31ClF2N6O2. The SMILES string of the molecule is CNC(Cl)c1c(NC(C)C)ccc(NC(=O)c2ccc(=O)n(-c3c(F)cccc3F)n2)c1N1CC[C@H](C)C1. The van der Waals surface area contributed by atoms with Gasteiger partial charge in [-0.2, -0.15) is 9.78 Å². The number of para-hydroxylation sites is 1. The van der Waals surface area contributed by atoms with E-state index in [0.717, 1.165) is 54.6 Å². The molecule has 4 rings (SSSR count). The number of rotatable bonds is 8. The molecule has 0 aliphatic carbocycles. The van der Waals surface area contributed by atoms with E-state index in [1.165, 1.54) is 12.1 Å². The summed E-state index contributed by atoms with van der Waals surface area (Å²) in [5, 5.41) is 13.4. The van der Waals surface area contributed by atoms with Gasteiger partial charge >= 0.3 is 0 Å². The molecule has 8 nitrogen and oxygen atoms in total. The van der Waals surface area contributed by atoms with Crippen LogP contribution in [0.1, 0.15) is 48.7 Å². The molecule has 0 spiro atoms. The maximum absolute atomic E-state index is 14.4. The largest absolute Gasteiger partial charge is 0.382 e. The van der Waals surface area contributed by atoms with E-state index in [4.69, 9.17) is 11.6 Å². The molecule has 202 valence electrons. The van der Waals surface area contributed by atoms with Gasteiger partial charge in [-0.3, -0.25) is 9.59 Å². The van der Waals surface area contributed by atoms with Crippen molar-refractivity contribution in [1.29, 1.82) is 0 Å². The molecule has 1 saturated heterocycles. The predicted molar refractivity (Wildman–Crippen MR) is 147 cm³/mol. The van der Waals surface area contributed by atoms with E-state index < -0.39 is 34.3 Å². The number of hydrogen-bond donors (Lipinski definition) is 3. The summed E-state index contributed by atoms with van der Waals surface area (Å²) in [6, 6.07) is 9.26. The van der Waals surface area contributed by atoms with Crippen molar-refractivity contribution in [2.45, 2.75) is 38.7 Å². The van der Waals surface area contributed by atoms with Gasteiger partial charge in [-0.25, -0.2) is 8.78 Å². The summed E-state index contributed by atoms with van der Waals surface area (Å²) in [5.41, 5.74) is 0.747. The maximum Gasteiger partial charge on any atom is 0.276 e. The monoisotopic (exact) mass is 544 g/mol. The van der Waals surface area contributed by atoms with Gasteiger partial charge in [-0.05, 0) is 63.6 Å². The highest BCUT2D eigenvalue weighted by Gasteiger charge is 2.29. The maximum atomic E-state index is 14.4. The standard InChI is InChI=1S/C27H31ClF2N6O2/c1-15(2)32-19-8-9-20(25(23(19)26(28)31-4)35-13-12-16(3)14-35)33-27(38)21-10-11-22(37)36(34-21)24-17(29)6-5-7-18(24)30/h5-11,15-16,26,31-32H,12-14H2,1-4H3,(H,33,38)/t16-,26?/m0/s1. The summed E-state index contributed by atoms with van der Waals surface area (Å²) in [4.78, 5) is 28.0. The first-order chi connectivity index (χ1) is 18.1. The van der Waals surface area contributed by atoms with Gasteiger partial charge in [0.15, 0.2) is 11.6 Å². The van der Waals surface area contributed by atoms with Crippen LogP contribution in [0.4, 0.5) is 25.8 Å². The third kappa shape index (κ3) is 5.66. The second-order valence-corrected chi connectivity index (χ2v) is 10.1. The number of halogens is 3. The fourth-order valence-electron chi connectivity index (χ4n) is 4.60. The van der Waals surface area contributed by atoms with Crippen LogP contribution in [0.5, 0.6) is 0 Å². The molecule has 1 unspecified atom stereocenters. The van der Waals surface area contributed by atoms with E-state index in [0.29, 0.717) is 16.3 Å². The minimum atomic E-state index is -0.972.